The van der Waals surface area contributed by atoms with Crippen molar-refractivity contribution in [3.63, 3.8) is 0 Å². The number of anilines is 4. The van der Waals surface area contributed by atoms with E-state index in [-0.39, 0.29) is 13.7 Å². The fourth-order valence-corrected chi connectivity index (χ4v) is 14.1. The fraction of sp³-hybridized carbons (Fsp3) is 0. The number of aromatic nitrogens is 2. The van der Waals surface area contributed by atoms with Crippen molar-refractivity contribution in [3.05, 3.63) is 314 Å². The van der Waals surface area contributed by atoms with Gasteiger partial charge in [-0.05, 0) is 128 Å². The lowest BCUT2D eigenvalue weighted by atomic mass is 9.52. The van der Waals surface area contributed by atoms with Crippen LogP contribution in [0, 0.1) is 0 Å². The van der Waals surface area contributed by atoms with E-state index in [1.54, 1.807) is 0 Å². The molecule has 0 spiro atoms. The molecule has 84 heavy (non-hydrogen) atoms. The van der Waals surface area contributed by atoms with Crippen LogP contribution >= 0.6 is 0 Å². The third-order valence-corrected chi connectivity index (χ3v) is 17.8. The first kappa shape index (κ1) is 47.9. The second kappa shape index (κ2) is 19.4. The predicted molar refractivity (Wildman–Crippen MR) is 360 cm³/mol. The van der Waals surface area contributed by atoms with E-state index < -0.39 is 0 Å². The van der Waals surface area contributed by atoms with Crippen LogP contribution in [0.25, 0.3) is 111 Å². The second-order valence-corrected chi connectivity index (χ2v) is 22.3. The number of fused-ring (bicyclic) bond motifs is 10. The van der Waals surface area contributed by atoms with E-state index in [1.165, 1.54) is 121 Å². The molecular formula is C78H52B2N4. The molecular weight excluding hydrogens is 1010 g/mol. The molecule has 0 amide bonds. The molecule has 4 nitrogen and oxygen atoms in total. The summed E-state index contributed by atoms with van der Waals surface area (Å²) >= 11 is 0. The first-order valence-electron chi connectivity index (χ1n) is 29.2. The van der Waals surface area contributed by atoms with Gasteiger partial charge in [0, 0.05) is 55.5 Å². The highest BCUT2D eigenvalue weighted by Gasteiger charge is 2.32. The molecule has 2 aromatic heterocycles. The molecule has 2 aliphatic rings. The molecule has 17 rings (SSSR count). The summed E-state index contributed by atoms with van der Waals surface area (Å²) in [6, 6.07) is 107. The Hall–Kier alpha value is -10.8. The molecule has 6 heteroatoms. The number of nitrogens with zero attached hydrogens (tertiary/aromatic N) is 4. The number of para-hydroxylation sites is 4. The normalized spacial score (nSPS) is 13.0. The largest absolute Gasteiger partial charge is 0.377 e. The van der Waals surface area contributed by atoms with E-state index in [1.807, 2.05) is 0 Å². The van der Waals surface area contributed by atoms with Crippen molar-refractivity contribution in [2.75, 3.05) is 9.62 Å². The molecule has 0 N–H and O–H groups in total. The van der Waals surface area contributed by atoms with Crippen LogP contribution in [-0.2, 0) is 0 Å². The molecule has 15 aromatic rings. The van der Waals surface area contributed by atoms with Crippen molar-refractivity contribution in [1.82, 2.24) is 9.13 Å². The van der Waals surface area contributed by atoms with Crippen LogP contribution in [0.4, 0.5) is 22.7 Å². The van der Waals surface area contributed by atoms with Crippen LogP contribution in [-0.4, -0.2) is 22.8 Å². The van der Waals surface area contributed by atoms with Crippen LogP contribution < -0.4 is 20.5 Å². The minimum atomic E-state index is 0.0338. The number of rotatable bonds is 8. The summed E-state index contributed by atoms with van der Waals surface area (Å²) in [5.41, 5.74) is 21.4. The van der Waals surface area contributed by atoms with Gasteiger partial charge in [0.05, 0.1) is 27.8 Å². The SMILES string of the molecule is C1=Cc2ccccc2N(c2ccc(-n3c4ccccc4c4ccc(-c5c6ccccc6c(-c6ccc7c8ccccc8n(-c8cccc9c8C=CB(c8ccccc8)N9c8ccccc8)c7c6)c6ccccc56)cc43)cc2)B1c1ccccc1. The quantitative estimate of drug-likeness (QED) is 0.111. The first-order chi connectivity index (χ1) is 41.7. The molecule has 0 atom stereocenters. The maximum atomic E-state index is 2.51. The van der Waals surface area contributed by atoms with Crippen LogP contribution in [0.3, 0.4) is 0 Å². The van der Waals surface area contributed by atoms with Crippen molar-refractivity contribution in [1.29, 1.82) is 0 Å². The number of hydrogen-bond donors (Lipinski definition) is 0. The lowest BCUT2D eigenvalue weighted by Crippen LogP contribution is -2.46. The highest BCUT2D eigenvalue weighted by Crippen LogP contribution is 2.48. The average molecular weight is 1070 g/mol. The van der Waals surface area contributed by atoms with Crippen molar-refractivity contribution in [2.24, 2.45) is 0 Å². The summed E-state index contributed by atoms with van der Waals surface area (Å²) in [5, 5.41) is 9.80. The van der Waals surface area contributed by atoms with E-state index in [0.29, 0.717) is 0 Å². The molecule has 0 saturated heterocycles. The van der Waals surface area contributed by atoms with Gasteiger partial charge in [0.15, 0.2) is 0 Å². The molecule has 2 aliphatic heterocycles. The molecule has 0 unspecified atom stereocenters. The Morgan fingerprint density at radius 2 is 0.655 bits per heavy atom. The Morgan fingerprint density at radius 1 is 0.250 bits per heavy atom. The van der Waals surface area contributed by atoms with Gasteiger partial charge in [0.2, 0.25) is 0 Å². The van der Waals surface area contributed by atoms with Crippen LogP contribution in [0.1, 0.15) is 11.1 Å². The monoisotopic (exact) mass is 1070 g/mol. The topological polar surface area (TPSA) is 16.3 Å². The minimum Gasteiger partial charge on any atom is -0.377 e. The summed E-state index contributed by atoms with van der Waals surface area (Å²) in [5.74, 6) is 4.70. The fourth-order valence-electron chi connectivity index (χ4n) is 14.1. The second-order valence-electron chi connectivity index (χ2n) is 22.3. The maximum Gasteiger partial charge on any atom is 0.320 e. The minimum absolute atomic E-state index is 0.0338. The Kier molecular flexibility index (Phi) is 11.1. The van der Waals surface area contributed by atoms with Gasteiger partial charge in [-0.2, -0.15) is 0 Å². The third-order valence-electron chi connectivity index (χ3n) is 17.8. The van der Waals surface area contributed by atoms with Gasteiger partial charge in [0.1, 0.15) is 0 Å². The van der Waals surface area contributed by atoms with Gasteiger partial charge >= 0.3 is 13.7 Å². The molecule has 4 heterocycles. The zero-order chi connectivity index (χ0) is 55.2. The molecule has 0 fully saturated rings. The summed E-state index contributed by atoms with van der Waals surface area (Å²) in [6.45, 7) is 0.0959. The number of hydrogen-bond acceptors (Lipinski definition) is 2. The molecule has 13 aromatic carbocycles. The van der Waals surface area contributed by atoms with Crippen molar-refractivity contribution >= 4 is 125 Å². The van der Waals surface area contributed by atoms with E-state index in [9.17, 15) is 0 Å². The standard InChI is InChI=1S/C78H52B2N4/c1-4-22-56(23-5-1)79-49-47-53-21-10-17-34-70(53)83(79)60-43-41-58(42-44-60)81-71-35-18-15-28-61(71)63-45-39-54(51-75(63)81)77-65-30-11-13-32-67(65)78(68-33-14-12-31-66(68)77)55-40-46-64-62-29-16-19-36-72(62)82(76(64)52-55)73-37-20-38-74-69(73)48-50-80(57-24-6-2-7-25-57)84(74)59-26-8-3-9-27-59/h1-52H. The van der Waals surface area contributed by atoms with Gasteiger partial charge in [-0.15, -0.1) is 0 Å². The summed E-state index contributed by atoms with van der Waals surface area (Å²) < 4.78 is 4.97. The van der Waals surface area contributed by atoms with Gasteiger partial charge in [0.25, 0.3) is 0 Å². The van der Waals surface area contributed by atoms with Crippen molar-refractivity contribution in [2.45, 2.75) is 0 Å². The Morgan fingerprint density at radius 3 is 1.24 bits per heavy atom. The smallest absolute Gasteiger partial charge is 0.320 e. The zero-order valence-corrected chi connectivity index (χ0v) is 46.0. The number of benzene rings is 13. The Balaban J connectivity index is 0.822. The Labute approximate surface area is 488 Å². The molecule has 0 radical (unpaired) electrons. The zero-order valence-electron chi connectivity index (χ0n) is 46.0. The predicted octanol–water partition coefficient (Wildman–Crippen LogP) is 18.7. The highest BCUT2D eigenvalue weighted by atomic mass is 15.1. The lowest BCUT2D eigenvalue weighted by Gasteiger charge is -2.35. The average Bonchev–Trinajstić information content (AvgIpc) is 2.35. The van der Waals surface area contributed by atoms with Gasteiger partial charge in [-0.3, -0.25) is 0 Å². The summed E-state index contributed by atoms with van der Waals surface area (Å²) in [6.07, 6.45) is 4.62. The first-order valence-corrected chi connectivity index (χ1v) is 29.2. The summed E-state index contributed by atoms with van der Waals surface area (Å²) in [4.78, 5) is 4.97. The van der Waals surface area contributed by atoms with Crippen molar-refractivity contribution in [3.8, 4) is 33.6 Å². The van der Waals surface area contributed by atoms with E-state index in [0.717, 1.165) is 22.7 Å². The van der Waals surface area contributed by atoms with Crippen LogP contribution in [0.15, 0.2) is 303 Å². The maximum absolute atomic E-state index is 2.51. The van der Waals surface area contributed by atoms with E-state index in [4.69, 9.17) is 0 Å². The molecule has 0 aliphatic carbocycles. The van der Waals surface area contributed by atoms with Gasteiger partial charge in [-0.1, -0.05) is 247 Å². The molecule has 0 saturated carbocycles. The molecule has 0 bridgehead atoms. The van der Waals surface area contributed by atoms with Gasteiger partial charge < -0.3 is 18.8 Å². The summed E-state index contributed by atoms with van der Waals surface area (Å²) in [7, 11) is 0. The van der Waals surface area contributed by atoms with Crippen LogP contribution in [0.2, 0.25) is 0 Å². The molecule has 390 valence electrons. The Bertz CT molecular complexity index is 5100. The van der Waals surface area contributed by atoms with Crippen molar-refractivity contribution < 1.29 is 0 Å². The van der Waals surface area contributed by atoms with E-state index >= 15 is 0 Å². The van der Waals surface area contributed by atoms with Crippen LogP contribution in [0.5, 0.6) is 0 Å². The van der Waals surface area contributed by atoms with E-state index in [2.05, 4.69) is 334 Å². The van der Waals surface area contributed by atoms with Gasteiger partial charge in [-0.25, -0.2) is 0 Å². The highest BCUT2D eigenvalue weighted by molar-refractivity contribution is 6.84. The third kappa shape index (κ3) is 7.50. The lowest BCUT2D eigenvalue weighted by molar-refractivity contribution is 1.17.